The van der Waals surface area contributed by atoms with Gasteiger partial charge >= 0.3 is 0 Å². The SMILES string of the molecule is CCN(Cc1nc(NN)c2cnn(C)c2n1)C1CC1. The lowest BCUT2D eigenvalue weighted by atomic mass is 10.3. The number of hydrogen-bond donors (Lipinski definition) is 2. The smallest absolute Gasteiger partial charge is 0.163 e. The molecule has 0 radical (unpaired) electrons. The van der Waals surface area contributed by atoms with Crippen LogP contribution in [0.5, 0.6) is 0 Å². The van der Waals surface area contributed by atoms with Crippen molar-refractivity contribution in [3.05, 3.63) is 12.0 Å². The number of aryl methyl sites for hydroxylation is 1. The average Bonchev–Trinajstić information content (AvgIpc) is 3.20. The van der Waals surface area contributed by atoms with Crippen molar-refractivity contribution in [2.75, 3.05) is 12.0 Å². The van der Waals surface area contributed by atoms with E-state index in [1.807, 2.05) is 7.05 Å². The van der Waals surface area contributed by atoms with Crippen molar-refractivity contribution in [1.29, 1.82) is 0 Å². The number of nitrogens with two attached hydrogens (primary N) is 1. The molecular formula is C12H19N7. The van der Waals surface area contributed by atoms with Gasteiger partial charge in [-0.3, -0.25) is 9.58 Å². The topological polar surface area (TPSA) is 84.9 Å². The molecule has 0 amide bonds. The predicted molar refractivity (Wildman–Crippen MR) is 73.2 cm³/mol. The normalized spacial score (nSPS) is 15.4. The molecule has 19 heavy (non-hydrogen) atoms. The van der Waals surface area contributed by atoms with Crippen molar-refractivity contribution in [2.45, 2.75) is 32.4 Å². The standard InChI is InChI=1S/C12H19N7/c1-3-19(8-4-5-8)7-10-15-11(17-13)9-6-14-18(2)12(9)16-10/h6,8H,3-5,7,13H2,1-2H3,(H,15,16,17). The van der Waals surface area contributed by atoms with Crippen molar-refractivity contribution >= 4 is 16.9 Å². The van der Waals surface area contributed by atoms with E-state index in [-0.39, 0.29) is 0 Å². The molecule has 2 heterocycles. The molecule has 7 heteroatoms. The van der Waals surface area contributed by atoms with E-state index in [1.54, 1.807) is 10.9 Å². The van der Waals surface area contributed by atoms with Gasteiger partial charge in [-0.2, -0.15) is 5.10 Å². The Bertz CT molecular complexity index is 587. The molecule has 2 aromatic heterocycles. The first kappa shape index (κ1) is 12.3. The van der Waals surface area contributed by atoms with Crippen molar-refractivity contribution in [3.8, 4) is 0 Å². The molecule has 2 aromatic rings. The molecule has 0 saturated heterocycles. The van der Waals surface area contributed by atoms with Gasteiger partial charge in [0.1, 0.15) is 5.82 Å². The second kappa shape index (κ2) is 4.75. The van der Waals surface area contributed by atoms with Crippen molar-refractivity contribution < 1.29 is 0 Å². The quantitative estimate of drug-likeness (QED) is 0.606. The molecule has 3 N–H and O–H groups in total. The number of hydrazine groups is 1. The van der Waals surface area contributed by atoms with E-state index in [4.69, 9.17) is 5.84 Å². The van der Waals surface area contributed by atoms with Crippen LogP contribution in [0.4, 0.5) is 5.82 Å². The molecule has 0 bridgehead atoms. The fourth-order valence-electron chi connectivity index (χ4n) is 2.37. The van der Waals surface area contributed by atoms with E-state index in [0.29, 0.717) is 11.9 Å². The molecule has 0 unspecified atom stereocenters. The summed E-state index contributed by atoms with van der Waals surface area (Å²) in [4.78, 5) is 11.5. The van der Waals surface area contributed by atoms with E-state index in [1.165, 1.54) is 12.8 Å². The van der Waals surface area contributed by atoms with Crippen LogP contribution in [-0.2, 0) is 13.6 Å². The van der Waals surface area contributed by atoms with Gasteiger partial charge in [0.2, 0.25) is 0 Å². The summed E-state index contributed by atoms with van der Waals surface area (Å²) in [5, 5.41) is 5.05. The summed E-state index contributed by atoms with van der Waals surface area (Å²) >= 11 is 0. The Morgan fingerprint density at radius 3 is 2.89 bits per heavy atom. The number of nitrogens with one attached hydrogen (secondary N) is 1. The van der Waals surface area contributed by atoms with Gasteiger partial charge in [0, 0.05) is 13.1 Å². The predicted octanol–water partition coefficient (Wildman–Crippen LogP) is 0.633. The van der Waals surface area contributed by atoms with Crippen molar-refractivity contribution in [1.82, 2.24) is 24.6 Å². The van der Waals surface area contributed by atoms with Crippen LogP contribution in [0.3, 0.4) is 0 Å². The summed E-state index contributed by atoms with van der Waals surface area (Å²) in [6.07, 6.45) is 4.29. The average molecular weight is 261 g/mol. The maximum atomic E-state index is 5.54. The molecular weight excluding hydrogens is 242 g/mol. The minimum Gasteiger partial charge on any atom is -0.308 e. The number of hydrogen-bond acceptors (Lipinski definition) is 6. The zero-order valence-electron chi connectivity index (χ0n) is 11.3. The highest BCUT2D eigenvalue weighted by Gasteiger charge is 2.28. The van der Waals surface area contributed by atoms with E-state index < -0.39 is 0 Å². The summed E-state index contributed by atoms with van der Waals surface area (Å²) in [6, 6.07) is 0.699. The summed E-state index contributed by atoms with van der Waals surface area (Å²) in [5.74, 6) is 6.97. The van der Waals surface area contributed by atoms with E-state index >= 15 is 0 Å². The number of anilines is 1. The van der Waals surface area contributed by atoms with Gasteiger partial charge in [-0.05, 0) is 19.4 Å². The molecule has 1 saturated carbocycles. The molecule has 0 atom stereocenters. The second-order valence-corrected chi connectivity index (χ2v) is 4.93. The fourth-order valence-corrected chi connectivity index (χ4v) is 2.37. The molecule has 1 aliphatic carbocycles. The van der Waals surface area contributed by atoms with Gasteiger partial charge in [-0.25, -0.2) is 15.8 Å². The van der Waals surface area contributed by atoms with Crippen LogP contribution < -0.4 is 11.3 Å². The maximum absolute atomic E-state index is 5.54. The number of nitrogen functional groups attached to an aromatic ring is 1. The zero-order chi connectivity index (χ0) is 13.4. The lowest BCUT2D eigenvalue weighted by molar-refractivity contribution is 0.263. The molecule has 1 fully saturated rings. The van der Waals surface area contributed by atoms with Crippen molar-refractivity contribution in [3.63, 3.8) is 0 Å². The first-order chi connectivity index (χ1) is 9.22. The third-order valence-electron chi connectivity index (χ3n) is 3.59. The molecule has 7 nitrogen and oxygen atoms in total. The van der Waals surface area contributed by atoms with Gasteiger partial charge in [0.15, 0.2) is 11.5 Å². The molecule has 1 aliphatic rings. The van der Waals surface area contributed by atoms with Gasteiger partial charge in [0.25, 0.3) is 0 Å². The van der Waals surface area contributed by atoms with Gasteiger partial charge < -0.3 is 5.43 Å². The molecule has 102 valence electrons. The Labute approximate surface area is 111 Å². The third-order valence-corrected chi connectivity index (χ3v) is 3.59. The number of fused-ring (bicyclic) bond motifs is 1. The van der Waals surface area contributed by atoms with Gasteiger partial charge in [-0.1, -0.05) is 6.92 Å². The highest BCUT2D eigenvalue weighted by atomic mass is 15.3. The van der Waals surface area contributed by atoms with Crippen LogP contribution in [0.25, 0.3) is 11.0 Å². The Balaban J connectivity index is 1.96. The number of rotatable bonds is 5. The largest absolute Gasteiger partial charge is 0.308 e. The summed E-state index contributed by atoms with van der Waals surface area (Å²) < 4.78 is 1.74. The number of nitrogens with zero attached hydrogens (tertiary/aromatic N) is 5. The first-order valence-corrected chi connectivity index (χ1v) is 6.62. The Morgan fingerprint density at radius 1 is 1.47 bits per heavy atom. The zero-order valence-corrected chi connectivity index (χ0v) is 11.3. The number of aromatic nitrogens is 4. The van der Waals surface area contributed by atoms with Crippen LogP contribution in [0.15, 0.2) is 6.20 Å². The highest BCUT2D eigenvalue weighted by molar-refractivity contribution is 5.86. The van der Waals surface area contributed by atoms with E-state index in [9.17, 15) is 0 Å². The highest BCUT2D eigenvalue weighted by Crippen LogP contribution is 2.28. The Morgan fingerprint density at radius 2 is 2.26 bits per heavy atom. The molecule has 0 aromatic carbocycles. The lowest BCUT2D eigenvalue weighted by Gasteiger charge is -2.18. The lowest BCUT2D eigenvalue weighted by Crippen LogP contribution is -2.26. The van der Waals surface area contributed by atoms with E-state index in [2.05, 4.69) is 32.3 Å². The monoisotopic (exact) mass is 261 g/mol. The first-order valence-electron chi connectivity index (χ1n) is 6.62. The second-order valence-electron chi connectivity index (χ2n) is 4.93. The third kappa shape index (κ3) is 2.26. The van der Waals surface area contributed by atoms with E-state index in [0.717, 1.165) is 29.9 Å². The molecule has 0 aliphatic heterocycles. The van der Waals surface area contributed by atoms with Crippen LogP contribution in [0.1, 0.15) is 25.6 Å². The Hall–Kier alpha value is -1.73. The van der Waals surface area contributed by atoms with Crippen LogP contribution in [0, 0.1) is 0 Å². The van der Waals surface area contributed by atoms with Gasteiger partial charge in [-0.15, -0.1) is 0 Å². The molecule has 0 spiro atoms. The summed E-state index contributed by atoms with van der Waals surface area (Å²) in [5.41, 5.74) is 3.45. The Kier molecular flexibility index (Phi) is 3.08. The minimum absolute atomic E-state index is 0.639. The fraction of sp³-hybridized carbons (Fsp3) is 0.583. The van der Waals surface area contributed by atoms with Crippen LogP contribution in [-0.4, -0.2) is 37.2 Å². The maximum Gasteiger partial charge on any atom is 0.163 e. The summed E-state index contributed by atoms with van der Waals surface area (Å²) in [7, 11) is 1.87. The van der Waals surface area contributed by atoms with Crippen LogP contribution >= 0.6 is 0 Å². The minimum atomic E-state index is 0.639. The summed E-state index contributed by atoms with van der Waals surface area (Å²) in [6.45, 7) is 3.95. The molecule has 3 rings (SSSR count). The van der Waals surface area contributed by atoms with Gasteiger partial charge in [0.05, 0.1) is 18.1 Å². The van der Waals surface area contributed by atoms with Crippen molar-refractivity contribution in [2.24, 2.45) is 12.9 Å². The van der Waals surface area contributed by atoms with Crippen LogP contribution in [0.2, 0.25) is 0 Å².